The van der Waals surface area contributed by atoms with Crippen molar-refractivity contribution in [3.8, 4) is 11.5 Å². The predicted molar refractivity (Wildman–Crippen MR) is 167 cm³/mol. The molecule has 1 saturated heterocycles. The zero-order valence-electron chi connectivity index (χ0n) is 24.2. The third-order valence-corrected chi connectivity index (χ3v) is 7.74. The molecule has 3 aromatic carbocycles. The monoisotopic (exact) mass is 606 g/mol. The number of aryl methyl sites for hydroxylation is 1. The van der Waals surface area contributed by atoms with Crippen LogP contribution in [0.2, 0.25) is 5.02 Å². The number of halogens is 1. The number of hydrogen-bond acceptors (Lipinski definition) is 7. The van der Waals surface area contributed by atoms with Crippen LogP contribution in [0.15, 0.2) is 85.5 Å². The number of carbonyl (C=O) groups excluding carboxylic acids is 1. The fraction of sp³-hybridized carbons (Fsp3) is 0.333. The first kappa shape index (κ1) is 32.0. The van der Waals surface area contributed by atoms with Crippen molar-refractivity contribution in [3.63, 3.8) is 0 Å². The summed E-state index contributed by atoms with van der Waals surface area (Å²) in [6, 6.07) is 24.3. The summed E-state index contributed by atoms with van der Waals surface area (Å²) in [4.78, 5) is 27.7. The van der Waals surface area contributed by atoms with E-state index in [2.05, 4.69) is 52.8 Å². The Balaban J connectivity index is 1.31. The maximum Gasteiger partial charge on any atom is 0.421 e. The second-order valence-corrected chi connectivity index (χ2v) is 10.9. The van der Waals surface area contributed by atoms with Gasteiger partial charge >= 0.3 is 12.1 Å². The van der Waals surface area contributed by atoms with Crippen molar-refractivity contribution in [2.24, 2.45) is 5.84 Å². The number of hydrazine groups is 1. The number of nitrogens with zero attached hydrogens (tertiary/aromatic N) is 3. The molecule has 9 nitrogen and oxygen atoms in total. The van der Waals surface area contributed by atoms with Crippen molar-refractivity contribution in [2.75, 3.05) is 45.9 Å². The number of carbonyl (C=O) groups is 2. The summed E-state index contributed by atoms with van der Waals surface area (Å²) in [6.45, 7) is 8.54. The van der Waals surface area contributed by atoms with Gasteiger partial charge in [0.2, 0.25) is 0 Å². The van der Waals surface area contributed by atoms with Crippen LogP contribution in [-0.4, -0.2) is 77.9 Å². The van der Waals surface area contributed by atoms with E-state index in [4.69, 9.17) is 32.0 Å². The van der Waals surface area contributed by atoms with E-state index in [0.29, 0.717) is 30.9 Å². The van der Waals surface area contributed by atoms with Crippen molar-refractivity contribution in [1.29, 1.82) is 0 Å². The van der Waals surface area contributed by atoms with Gasteiger partial charge in [0.1, 0.15) is 6.61 Å². The van der Waals surface area contributed by atoms with E-state index in [1.807, 2.05) is 30.3 Å². The summed E-state index contributed by atoms with van der Waals surface area (Å²) in [5.74, 6) is 5.69. The van der Waals surface area contributed by atoms with Crippen molar-refractivity contribution in [1.82, 2.24) is 14.8 Å². The minimum atomic E-state index is -1.16. The largest absolute Gasteiger partial charge is 0.488 e. The molecule has 1 fully saturated rings. The first-order chi connectivity index (χ1) is 20.8. The summed E-state index contributed by atoms with van der Waals surface area (Å²) in [6.07, 6.45) is 1.98. The third-order valence-electron chi connectivity index (χ3n) is 7.48. The van der Waals surface area contributed by atoms with Crippen LogP contribution in [-0.2, 0) is 11.2 Å². The Morgan fingerprint density at radius 2 is 1.67 bits per heavy atom. The van der Waals surface area contributed by atoms with Gasteiger partial charge in [-0.25, -0.2) is 20.4 Å². The Labute approximate surface area is 258 Å². The van der Waals surface area contributed by atoms with Gasteiger partial charge in [0, 0.05) is 50.4 Å². The first-order valence-corrected chi connectivity index (χ1v) is 14.8. The number of rotatable bonds is 14. The van der Waals surface area contributed by atoms with Gasteiger partial charge < -0.3 is 14.6 Å². The molecule has 0 saturated carbocycles. The summed E-state index contributed by atoms with van der Waals surface area (Å²) >= 11 is 6.17. The zero-order valence-corrected chi connectivity index (χ0v) is 25.0. The van der Waals surface area contributed by atoms with Crippen LogP contribution in [0.25, 0.3) is 0 Å². The molecule has 0 aromatic heterocycles. The Hall–Kier alpha value is -3.89. The number of nitrogens with two attached hydrogens (primary N) is 1. The number of carboxylic acid groups (broad SMARTS) is 1. The molecule has 1 heterocycles. The molecule has 0 bridgehead atoms. The van der Waals surface area contributed by atoms with Crippen LogP contribution >= 0.6 is 11.6 Å². The normalized spacial score (nSPS) is 14.6. The van der Waals surface area contributed by atoms with E-state index in [-0.39, 0.29) is 12.6 Å². The summed E-state index contributed by atoms with van der Waals surface area (Å²) in [7, 11) is 0. The van der Waals surface area contributed by atoms with E-state index in [1.165, 1.54) is 11.1 Å². The number of amides is 1. The van der Waals surface area contributed by atoms with Crippen LogP contribution < -0.4 is 15.3 Å². The van der Waals surface area contributed by atoms with Gasteiger partial charge in [-0.1, -0.05) is 66.7 Å². The highest BCUT2D eigenvalue weighted by Crippen LogP contribution is 2.31. The maximum atomic E-state index is 12.0. The highest BCUT2D eigenvalue weighted by atomic mass is 35.5. The number of unbranched alkanes of at least 4 members (excludes halogenated alkanes) is 1. The SMILES string of the molecule is C=CC(=O)Oc1cc(CCCCN(N)C(=O)O)ccc1OCCN1CCN(C(c2ccccc2)c2ccc(Cl)cc2)CC1. The van der Waals surface area contributed by atoms with Crippen molar-refractivity contribution >= 4 is 23.7 Å². The summed E-state index contributed by atoms with van der Waals surface area (Å²) in [5.41, 5.74) is 3.43. The number of benzene rings is 3. The maximum absolute atomic E-state index is 12.0. The molecular formula is C33H39ClN4O5. The minimum Gasteiger partial charge on any atom is -0.488 e. The fourth-order valence-electron chi connectivity index (χ4n) is 5.19. The second kappa shape index (κ2) is 16.1. The molecule has 4 rings (SSSR count). The van der Waals surface area contributed by atoms with Gasteiger partial charge in [0.25, 0.3) is 0 Å². The first-order valence-electron chi connectivity index (χ1n) is 14.5. The average molecular weight is 607 g/mol. The van der Waals surface area contributed by atoms with Gasteiger partial charge in [-0.05, 0) is 60.2 Å². The average Bonchev–Trinajstić information content (AvgIpc) is 3.02. The van der Waals surface area contributed by atoms with Gasteiger partial charge in [-0.15, -0.1) is 0 Å². The van der Waals surface area contributed by atoms with Gasteiger partial charge in [-0.3, -0.25) is 9.80 Å². The molecular weight excluding hydrogens is 568 g/mol. The number of ether oxygens (including phenoxy) is 2. The molecule has 3 N–H and O–H groups in total. The molecule has 0 radical (unpaired) electrons. The van der Waals surface area contributed by atoms with Crippen molar-refractivity contribution in [3.05, 3.63) is 107 Å². The van der Waals surface area contributed by atoms with E-state index >= 15 is 0 Å². The van der Waals surface area contributed by atoms with E-state index in [9.17, 15) is 9.59 Å². The van der Waals surface area contributed by atoms with E-state index in [0.717, 1.165) is 60.8 Å². The molecule has 1 amide bonds. The highest BCUT2D eigenvalue weighted by molar-refractivity contribution is 6.30. The Kier molecular flexibility index (Phi) is 12.0. The topological polar surface area (TPSA) is 109 Å². The minimum absolute atomic E-state index is 0.156. The van der Waals surface area contributed by atoms with E-state index in [1.54, 1.807) is 6.07 Å². The van der Waals surface area contributed by atoms with E-state index < -0.39 is 12.1 Å². The predicted octanol–water partition coefficient (Wildman–Crippen LogP) is 5.39. The highest BCUT2D eigenvalue weighted by Gasteiger charge is 2.26. The molecule has 1 unspecified atom stereocenters. The van der Waals surface area contributed by atoms with Crippen LogP contribution in [0.4, 0.5) is 4.79 Å². The lowest BCUT2D eigenvalue weighted by Gasteiger charge is -2.39. The van der Waals surface area contributed by atoms with Crippen LogP contribution in [0, 0.1) is 0 Å². The number of hydrogen-bond donors (Lipinski definition) is 2. The lowest BCUT2D eigenvalue weighted by atomic mass is 9.96. The Morgan fingerprint density at radius 3 is 2.35 bits per heavy atom. The van der Waals surface area contributed by atoms with Crippen molar-refractivity contribution in [2.45, 2.75) is 25.3 Å². The molecule has 1 atom stereocenters. The Bertz CT molecular complexity index is 1350. The second-order valence-electron chi connectivity index (χ2n) is 10.4. The number of esters is 1. The van der Waals surface area contributed by atoms with Gasteiger partial charge in [0.15, 0.2) is 11.5 Å². The van der Waals surface area contributed by atoms with Crippen molar-refractivity contribution < 1.29 is 24.2 Å². The fourth-order valence-corrected chi connectivity index (χ4v) is 5.31. The summed E-state index contributed by atoms with van der Waals surface area (Å²) < 4.78 is 11.5. The molecule has 0 aliphatic carbocycles. The lowest BCUT2D eigenvalue weighted by molar-refractivity contribution is -0.129. The molecule has 1 aliphatic heterocycles. The smallest absolute Gasteiger partial charge is 0.421 e. The van der Waals surface area contributed by atoms with Crippen LogP contribution in [0.5, 0.6) is 11.5 Å². The lowest BCUT2D eigenvalue weighted by Crippen LogP contribution is -2.48. The molecule has 1 aliphatic rings. The molecule has 43 heavy (non-hydrogen) atoms. The summed E-state index contributed by atoms with van der Waals surface area (Å²) in [5, 5.41) is 10.4. The number of piperazine rings is 1. The zero-order chi connectivity index (χ0) is 30.6. The van der Waals surface area contributed by atoms with Crippen LogP contribution in [0.1, 0.15) is 35.6 Å². The Morgan fingerprint density at radius 1 is 0.977 bits per heavy atom. The quantitative estimate of drug-likeness (QED) is 0.0478. The standard InChI is InChI=1S/C33H39ClN4O5/c1-2-31(39)43-30-24-25(8-6-7-17-38(35)33(40)41)11-16-29(30)42-23-22-36-18-20-37(21-19-36)32(26-9-4-3-5-10-26)27-12-14-28(34)15-13-27/h2-5,9-16,24,32H,1,6-8,17-23,35H2,(H,40,41). The van der Waals surface area contributed by atoms with Crippen LogP contribution in [0.3, 0.4) is 0 Å². The molecule has 228 valence electrons. The van der Waals surface area contributed by atoms with Gasteiger partial charge in [-0.2, -0.15) is 0 Å². The van der Waals surface area contributed by atoms with Gasteiger partial charge in [0.05, 0.1) is 6.04 Å². The third kappa shape index (κ3) is 9.56. The molecule has 0 spiro atoms. The molecule has 3 aromatic rings. The molecule has 10 heteroatoms.